The highest BCUT2D eigenvalue weighted by Gasteiger charge is 2.55. The summed E-state index contributed by atoms with van der Waals surface area (Å²) < 4.78 is 11.9. The van der Waals surface area contributed by atoms with E-state index in [9.17, 15) is 0 Å². The summed E-state index contributed by atoms with van der Waals surface area (Å²) >= 11 is 0. The standard InChI is InChI=1S/C32H36O2/c1-32-18-17-25-26(29(32)15-16-31(32)34-3)14-13-24-19-30(33-2)28(20-27(24)25)23-11-9-22(10-12-23)21-7-5-4-6-8-21/h4-12,19-20,25-26,29,31H,13-18H2,1-3H3/t25-,26+,29-,31-,32-/m0/s1. The molecule has 34 heavy (non-hydrogen) atoms. The maximum atomic E-state index is 5.97. The number of fused-ring (bicyclic) bond motifs is 5. The van der Waals surface area contributed by atoms with Crippen LogP contribution in [0.1, 0.15) is 56.1 Å². The predicted molar refractivity (Wildman–Crippen MR) is 139 cm³/mol. The van der Waals surface area contributed by atoms with Crippen molar-refractivity contribution in [2.75, 3.05) is 14.2 Å². The minimum absolute atomic E-state index is 0.357. The number of methoxy groups -OCH3 is 2. The van der Waals surface area contributed by atoms with Gasteiger partial charge >= 0.3 is 0 Å². The van der Waals surface area contributed by atoms with Gasteiger partial charge in [0.05, 0.1) is 13.2 Å². The molecule has 2 nitrogen and oxygen atoms in total. The Balaban J connectivity index is 1.35. The molecule has 2 saturated carbocycles. The van der Waals surface area contributed by atoms with Gasteiger partial charge in [-0.2, -0.15) is 0 Å². The molecule has 0 radical (unpaired) electrons. The van der Waals surface area contributed by atoms with E-state index in [0.29, 0.717) is 17.4 Å². The van der Waals surface area contributed by atoms with Crippen LogP contribution in [-0.2, 0) is 11.2 Å². The van der Waals surface area contributed by atoms with Crippen molar-refractivity contribution in [3.63, 3.8) is 0 Å². The van der Waals surface area contributed by atoms with Crippen LogP contribution in [0.2, 0.25) is 0 Å². The normalized spacial score (nSPS) is 29.7. The van der Waals surface area contributed by atoms with E-state index in [1.54, 1.807) is 5.56 Å². The highest BCUT2D eigenvalue weighted by Crippen LogP contribution is 2.61. The molecule has 2 heteroatoms. The predicted octanol–water partition coefficient (Wildman–Crippen LogP) is 7.90. The molecule has 0 bridgehead atoms. The van der Waals surface area contributed by atoms with Crippen LogP contribution in [0.15, 0.2) is 66.7 Å². The summed E-state index contributed by atoms with van der Waals surface area (Å²) in [4.78, 5) is 0. The second kappa shape index (κ2) is 8.57. The zero-order chi connectivity index (χ0) is 23.3. The Labute approximate surface area is 204 Å². The van der Waals surface area contributed by atoms with Crippen LogP contribution < -0.4 is 4.74 Å². The van der Waals surface area contributed by atoms with Gasteiger partial charge in [-0.25, -0.2) is 0 Å². The van der Waals surface area contributed by atoms with E-state index in [-0.39, 0.29) is 0 Å². The molecule has 0 spiro atoms. The average Bonchev–Trinajstić information content (AvgIpc) is 3.24. The number of hydrogen-bond acceptors (Lipinski definition) is 2. The molecule has 0 heterocycles. The second-order valence-corrected chi connectivity index (χ2v) is 11.0. The Hall–Kier alpha value is -2.58. The molecule has 6 rings (SSSR count). The Kier molecular flexibility index (Phi) is 5.53. The number of rotatable bonds is 4. The fraction of sp³-hybridized carbons (Fsp3) is 0.438. The number of hydrogen-bond donors (Lipinski definition) is 0. The smallest absolute Gasteiger partial charge is 0.126 e. The van der Waals surface area contributed by atoms with E-state index in [1.165, 1.54) is 66.3 Å². The van der Waals surface area contributed by atoms with Crippen molar-refractivity contribution in [2.45, 2.75) is 57.5 Å². The summed E-state index contributed by atoms with van der Waals surface area (Å²) in [6, 6.07) is 24.4. The zero-order valence-corrected chi connectivity index (χ0v) is 20.7. The number of ether oxygens (including phenoxy) is 2. The summed E-state index contributed by atoms with van der Waals surface area (Å²) in [5.41, 5.74) is 8.43. The first kappa shape index (κ1) is 21.9. The lowest BCUT2D eigenvalue weighted by molar-refractivity contribution is -0.0444. The Morgan fingerprint density at radius 1 is 0.794 bits per heavy atom. The fourth-order valence-electron chi connectivity index (χ4n) is 7.81. The van der Waals surface area contributed by atoms with E-state index < -0.39 is 0 Å². The van der Waals surface area contributed by atoms with Crippen LogP contribution in [0, 0.1) is 17.3 Å². The first-order chi connectivity index (χ1) is 16.6. The molecule has 0 aliphatic heterocycles. The summed E-state index contributed by atoms with van der Waals surface area (Å²) in [6.07, 6.45) is 8.04. The summed E-state index contributed by atoms with van der Waals surface area (Å²) in [6.45, 7) is 2.51. The number of benzene rings is 3. The van der Waals surface area contributed by atoms with Crippen LogP contribution >= 0.6 is 0 Å². The Bertz CT molecular complexity index is 1170. The van der Waals surface area contributed by atoms with Crippen molar-refractivity contribution in [3.05, 3.63) is 77.9 Å². The lowest BCUT2D eigenvalue weighted by Crippen LogP contribution is -2.44. The average molecular weight is 453 g/mol. The van der Waals surface area contributed by atoms with Gasteiger partial charge in [-0.15, -0.1) is 0 Å². The van der Waals surface area contributed by atoms with Crippen LogP contribution in [0.3, 0.4) is 0 Å². The summed E-state index contributed by atoms with van der Waals surface area (Å²) in [5, 5.41) is 0. The number of aryl methyl sites for hydroxylation is 1. The van der Waals surface area contributed by atoms with Crippen molar-refractivity contribution in [3.8, 4) is 28.0 Å². The molecule has 0 unspecified atom stereocenters. The minimum Gasteiger partial charge on any atom is -0.496 e. The second-order valence-electron chi connectivity index (χ2n) is 11.0. The molecule has 0 amide bonds. The van der Waals surface area contributed by atoms with Crippen molar-refractivity contribution in [1.29, 1.82) is 0 Å². The molecule has 2 fully saturated rings. The maximum absolute atomic E-state index is 5.97. The van der Waals surface area contributed by atoms with E-state index in [0.717, 1.165) is 17.6 Å². The molecule has 0 saturated heterocycles. The van der Waals surface area contributed by atoms with Gasteiger partial charge in [0.15, 0.2) is 0 Å². The molecule has 3 aromatic rings. The van der Waals surface area contributed by atoms with E-state index in [1.807, 2.05) is 14.2 Å². The summed E-state index contributed by atoms with van der Waals surface area (Å²) in [5.74, 6) is 3.25. The van der Waals surface area contributed by atoms with Crippen molar-refractivity contribution in [1.82, 2.24) is 0 Å². The van der Waals surface area contributed by atoms with Gasteiger partial charge in [0.25, 0.3) is 0 Å². The quantitative estimate of drug-likeness (QED) is 0.400. The topological polar surface area (TPSA) is 18.5 Å². The SMILES string of the molecule is COc1cc2c(cc1-c1ccc(-c3ccccc3)cc1)[C@H]1CC[C@]3(C)[C@@H](OC)CC[C@H]3[C@@H]1CC2. The molecule has 5 atom stereocenters. The van der Waals surface area contributed by atoms with Gasteiger partial charge in [0.1, 0.15) is 5.75 Å². The van der Waals surface area contributed by atoms with Gasteiger partial charge < -0.3 is 9.47 Å². The monoisotopic (exact) mass is 452 g/mol. The lowest BCUT2D eigenvalue weighted by Gasteiger charge is -2.50. The fourth-order valence-corrected chi connectivity index (χ4v) is 7.81. The minimum atomic E-state index is 0.357. The van der Waals surface area contributed by atoms with Crippen molar-refractivity contribution < 1.29 is 9.47 Å². The van der Waals surface area contributed by atoms with Gasteiger partial charge in [-0.1, -0.05) is 61.5 Å². The van der Waals surface area contributed by atoms with Crippen molar-refractivity contribution >= 4 is 0 Å². The molecule has 0 N–H and O–H groups in total. The third-order valence-electron chi connectivity index (χ3n) is 9.55. The van der Waals surface area contributed by atoms with Crippen LogP contribution in [0.4, 0.5) is 0 Å². The Morgan fingerprint density at radius 2 is 1.53 bits per heavy atom. The first-order valence-electron chi connectivity index (χ1n) is 13.0. The first-order valence-corrected chi connectivity index (χ1v) is 13.0. The molecule has 0 aromatic heterocycles. The molecule has 3 aromatic carbocycles. The highest BCUT2D eigenvalue weighted by molar-refractivity contribution is 5.75. The van der Waals surface area contributed by atoms with E-state index in [2.05, 4.69) is 73.7 Å². The Morgan fingerprint density at radius 3 is 2.26 bits per heavy atom. The van der Waals surface area contributed by atoms with Crippen LogP contribution in [0.25, 0.3) is 22.3 Å². The van der Waals surface area contributed by atoms with Gasteiger partial charge in [0, 0.05) is 12.7 Å². The van der Waals surface area contributed by atoms with Gasteiger partial charge in [-0.3, -0.25) is 0 Å². The molecular formula is C32H36O2. The van der Waals surface area contributed by atoms with Gasteiger partial charge in [0.2, 0.25) is 0 Å². The molecule has 3 aliphatic rings. The molecule has 176 valence electrons. The third kappa shape index (κ3) is 3.41. The molecule has 3 aliphatic carbocycles. The lowest BCUT2D eigenvalue weighted by atomic mass is 9.55. The summed E-state index contributed by atoms with van der Waals surface area (Å²) in [7, 11) is 3.73. The zero-order valence-electron chi connectivity index (χ0n) is 20.7. The van der Waals surface area contributed by atoms with Crippen molar-refractivity contribution in [2.24, 2.45) is 17.3 Å². The largest absolute Gasteiger partial charge is 0.496 e. The maximum Gasteiger partial charge on any atom is 0.126 e. The van der Waals surface area contributed by atoms with E-state index >= 15 is 0 Å². The molecular weight excluding hydrogens is 416 g/mol. The van der Waals surface area contributed by atoms with Crippen LogP contribution in [0.5, 0.6) is 5.75 Å². The van der Waals surface area contributed by atoms with E-state index in [4.69, 9.17) is 9.47 Å². The van der Waals surface area contributed by atoms with Gasteiger partial charge in [-0.05, 0) is 102 Å². The van der Waals surface area contributed by atoms with Crippen LogP contribution in [-0.4, -0.2) is 20.3 Å². The highest BCUT2D eigenvalue weighted by atomic mass is 16.5. The third-order valence-corrected chi connectivity index (χ3v) is 9.55.